The molecule has 0 saturated carbocycles. The maximum Gasteiger partial charge on any atom is 0.304 e. The molecular formula is C12H30N2O2Si. The molecule has 104 valence electrons. The van der Waals surface area contributed by atoms with Crippen LogP contribution in [0.4, 0.5) is 0 Å². The van der Waals surface area contributed by atoms with E-state index in [4.69, 9.17) is 8.85 Å². The molecule has 0 bridgehead atoms. The van der Waals surface area contributed by atoms with Crippen LogP contribution in [0.2, 0.25) is 0 Å². The van der Waals surface area contributed by atoms with E-state index in [0.717, 1.165) is 25.9 Å². The standard InChI is InChI=1S/C12H30N2O2Si/c1-11(7-5-9-13-3)15-17-16-12(2)8-6-10-14-4/h11-14H,5-10,17H2,1-4H3. The van der Waals surface area contributed by atoms with Gasteiger partial charge in [0.15, 0.2) is 0 Å². The Hall–Kier alpha value is 0.0569. The molecule has 0 heterocycles. The fourth-order valence-electron chi connectivity index (χ4n) is 1.57. The Kier molecular flexibility index (Phi) is 12.6. The maximum atomic E-state index is 5.74. The third-order valence-electron chi connectivity index (χ3n) is 2.78. The number of hydrogen-bond donors (Lipinski definition) is 2. The van der Waals surface area contributed by atoms with Gasteiger partial charge in [-0.05, 0) is 66.7 Å². The quantitative estimate of drug-likeness (QED) is 0.403. The predicted octanol–water partition coefficient (Wildman–Crippen LogP) is 0.795. The molecule has 0 aromatic carbocycles. The molecule has 0 aromatic heterocycles. The van der Waals surface area contributed by atoms with E-state index in [9.17, 15) is 0 Å². The monoisotopic (exact) mass is 262 g/mol. The van der Waals surface area contributed by atoms with Gasteiger partial charge in [-0.2, -0.15) is 0 Å². The first kappa shape index (κ1) is 17.1. The lowest BCUT2D eigenvalue weighted by Gasteiger charge is -2.16. The lowest BCUT2D eigenvalue weighted by molar-refractivity contribution is 0.124. The van der Waals surface area contributed by atoms with Crippen LogP contribution in [0.5, 0.6) is 0 Å². The summed E-state index contributed by atoms with van der Waals surface area (Å²) in [6.45, 7) is 6.41. The second kappa shape index (κ2) is 12.5. The number of rotatable bonds is 12. The van der Waals surface area contributed by atoms with Gasteiger partial charge in [0.2, 0.25) is 0 Å². The van der Waals surface area contributed by atoms with Crippen LogP contribution in [0, 0.1) is 0 Å². The van der Waals surface area contributed by atoms with Crippen molar-refractivity contribution in [2.75, 3.05) is 27.2 Å². The minimum absolute atomic E-state index is 0.347. The van der Waals surface area contributed by atoms with Crippen LogP contribution in [0.15, 0.2) is 0 Å². The van der Waals surface area contributed by atoms with E-state index >= 15 is 0 Å². The van der Waals surface area contributed by atoms with Crippen molar-refractivity contribution in [1.29, 1.82) is 0 Å². The fraction of sp³-hybridized carbons (Fsp3) is 1.00. The Bertz CT molecular complexity index is 145. The average molecular weight is 262 g/mol. The lowest BCUT2D eigenvalue weighted by Crippen LogP contribution is -2.21. The van der Waals surface area contributed by atoms with E-state index in [0.29, 0.717) is 12.2 Å². The number of hydrogen-bond acceptors (Lipinski definition) is 4. The molecule has 0 aliphatic carbocycles. The molecule has 0 aliphatic rings. The fourth-order valence-corrected chi connectivity index (χ4v) is 2.45. The first-order chi connectivity index (χ1) is 8.20. The Morgan fingerprint density at radius 1 is 0.882 bits per heavy atom. The molecule has 2 atom stereocenters. The van der Waals surface area contributed by atoms with Crippen LogP contribution in [-0.2, 0) is 8.85 Å². The topological polar surface area (TPSA) is 42.5 Å². The van der Waals surface area contributed by atoms with Gasteiger partial charge >= 0.3 is 10.0 Å². The van der Waals surface area contributed by atoms with Crippen LogP contribution < -0.4 is 10.6 Å². The summed E-state index contributed by atoms with van der Waals surface area (Å²) < 4.78 is 11.5. The van der Waals surface area contributed by atoms with Gasteiger partial charge in [0.1, 0.15) is 0 Å². The zero-order chi connectivity index (χ0) is 12.9. The van der Waals surface area contributed by atoms with Gasteiger partial charge in [0, 0.05) is 12.2 Å². The zero-order valence-corrected chi connectivity index (χ0v) is 13.3. The first-order valence-electron chi connectivity index (χ1n) is 6.73. The summed E-state index contributed by atoms with van der Waals surface area (Å²) >= 11 is 0. The van der Waals surface area contributed by atoms with Gasteiger partial charge in [0.05, 0.1) is 0 Å². The Labute approximate surface area is 109 Å². The van der Waals surface area contributed by atoms with Crippen molar-refractivity contribution in [3.05, 3.63) is 0 Å². The van der Waals surface area contributed by atoms with Crippen LogP contribution in [-0.4, -0.2) is 49.4 Å². The highest BCUT2D eigenvalue weighted by Crippen LogP contribution is 2.03. The zero-order valence-electron chi connectivity index (χ0n) is 11.9. The molecule has 0 spiro atoms. The summed E-state index contributed by atoms with van der Waals surface area (Å²) in [4.78, 5) is 0. The van der Waals surface area contributed by atoms with E-state index in [1.807, 2.05) is 14.1 Å². The average Bonchev–Trinajstić information content (AvgIpc) is 2.30. The Morgan fingerprint density at radius 3 is 1.65 bits per heavy atom. The molecule has 0 aliphatic heterocycles. The van der Waals surface area contributed by atoms with Gasteiger partial charge in [-0.3, -0.25) is 0 Å². The van der Waals surface area contributed by atoms with E-state index in [1.54, 1.807) is 0 Å². The van der Waals surface area contributed by atoms with Crippen molar-refractivity contribution in [2.45, 2.75) is 51.7 Å². The molecule has 17 heavy (non-hydrogen) atoms. The van der Waals surface area contributed by atoms with Crippen molar-refractivity contribution in [3.63, 3.8) is 0 Å². The minimum Gasteiger partial charge on any atom is -0.396 e. The smallest absolute Gasteiger partial charge is 0.304 e. The molecule has 0 saturated heterocycles. The SMILES string of the molecule is CNCCCC(C)O[SiH2]OC(C)CCCNC. The molecule has 0 aromatic rings. The summed E-state index contributed by atoms with van der Waals surface area (Å²) in [5, 5.41) is 6.29. The molecule has 5 heteroatoms. The van der Waals surface area contributed by atoms with E-state index in [1.165, 1.54) is 12.8 Å². The summed E-state index contributed by atoms with van der Waals surface area (Å²) in [6, 6.07) is 0. The van der Waals surface area contributed by atoms with Crippen molar-refractivity contribution < 1.29 is 8.85 Å². The van der Waals surface area contributed by atoms with Gasteiger partial charge in [0.25, 0.3) is 0 Å². The Balaban J connectivity index is 3.29. The van der Waals surface area contributed by atoms with Crippen molar-refractivity contribution in [1.82, 2.24) is 10.6 Å². The van der Waals surface area contributed by atoms with E-state index in [-0.39, 0.29) is 0 Å². The molecule has 0 fully saturated rings. The minimum atomic E-state index is -0.793. The highest BCUT2D eigenvalue weighted by molar-refractivity contribution is 6.18. The van der Waals surface area contributed by atoms with Crippen LogP contribution in [0.25, 0.3) is 0 Å². The Morgan fingerprint density at radius 2 is 1.29 bits per heavy atom. The van der Waals surface area contributed by atoms with Gasteiger partial charge in [-0.15, -0.1) is 0 Å². The molecule has 2 unspecified atom stereocenters. The normalized spacial score (nSPS) is 15.5. The number of nitrogens with one attached hydrogen (secondary N) is 2. The molecule has 4 nitrogen and oxygen atoms in total. The second-order valence-electron chi connectivity index (χ2n) is 4.56. The van der Waals surface area contributed by atoms with Crippen LogP contribution >= 0.6 is 0 Å². The molecule has 2 N–H and O–H groups in total. The first-order valence-corrected chi connectivity index (χ1v) is 7.88. The largest absolute Gasteiger partial charge is 0.396 e. The van der Waals surface area contributed by atoms with Crippen LogP contribution in [0.3, 0.4) is 0 Å². The summed E-state index contributed by atoms with van der Waals surface area (Å²) in [6.07, 6.45) is 5.27. The van der Waals surface area contributed by atoms with Crippen molar-refractivity contribution in [2.24, 2.45) is 0 Å². The van der Waals surface area contributed by atoms with Crippen molar-refractivity contribution >= 4 is 10.0 Å². The lowest BCUT2D eigenvalue weighted by atomic mass is 10.2. The van der Waals surface area contributed by atoms with Gasteiger partial charge < -0.3 is 19.5 Å². The summed E-state index contributed by atoms with van der Waals surface area (Å²) in [7, 11) is 3.17. The summed E-state index contributed by atoms with van der Waals surface area (Å²) in [5.41, 5.74) is 0. The van der Waals surface area contributed by atoms with Gasteiger partial charge in [-0.25, -0.2) is 0 Å². The second-order valence-corrected chi connectivity index (χ2v) is 5.47. The predicted molar refractivity (Wildman–Crippen MR) is 76.0 cm³/mol. The molecular weight excluding hydrogens is 232 g/mol. The molecule has 0 radical (unpaired) electrons. The third kappa shape index (κ3) is 12.3. The van der Waals surface area contributed by atoms with E-state index in [2.05, 4.69) is 24.5 Å². The third-order valence-corrected chi connectivity index (χ3v) is 4.19. The highest BCUT2D eigenvalue weighted by Gasteiger charge is 2.05. The van der Waals surface area contributed by atoms with Crippen LogP contribution in [0.1, 0.15) is 39.5 Å². The van der Waals surface area contributed by atoms with E-state index < -0.39 is 10.0 Å². The highest BCUT2D eigenvalue weighted by atomic mass is 28.3. The van der Waals surface area contributed by atoms with Gasteiger partial charge in [-0.1, -0.05) is 0 Å². The summed E-state index contributed by atoms with van der Waals surface area (Å²) in [5.74, 6) is 0. The van der Waals surface area contributed by atoms with Crippen molar-refractivity contribution in [3.8, 4) is 0 Å². The molecule has 0 amide bonds. The maximum absolute atomic E-state index is 5.74. The molecule has 0 rings (SSSR count).